The van der Waals surface area contributed by atoms with Gasteiger partial charge in [0.2, 0.25) is 11.8 Å². The Morgan fingerprint density at radius 3 is 2.54 bits per heavy atom. The van der Waals surface area contributed by atoms with Gasteiger partial charge in [-0.15, -0.1) is 0 Å². The number of rotatable bonds is 9. The lowest BCUT2D eigenvalue weighted by Gasteiger charge is -2.35. The van der Waals surface area contributed by atoms with Crippen molar-refractivity contribution < 1.29 is 23.9 Å². The Bertz CT molecular complexity index is 704. The first kappa shape index (κ1) is 21.7. The number of Topliss-reactive ketones (excluding diaryl/α,β-unsaturated/α-hetero) is 1. The van der Waals surface area contributed by atoms with E-state index in [1.165, 1.54) is 14.2 Å². The Balaban J connectivity index is 1.95. The number of carbonyl (C=O) groups excluding carboxylic acids is 3. The molecule has 1 aliphatic rings. The van der Waals surface area contributed by atoms with Crippen molar-refractivity contribution in [1.29, 1.82) is 0 Å². The number of nitrogens with zero attached hydrogens (tertiary/aromatic N) is 1. The zero-order chi connectivity index (χ0) is 20.5. The molecule has 1 saturated heterocycles. The van der Waals surface area contributed by atoms with Crippen LogP contribution in [0.15, 0.2) is 18.2 Å². The van der Waals surface area contributed by atoms with E-state index in [4.69, 9.17) is 9.47 Å². The van der Waals surface area contributed by atoms with E-state index in [-0.39, 0.29) is 36.5 Å². The predicted molar refractivity (Wildman–Crippen MR) is 106 cm³/mol. The fraction of sp³-hybridized carbons (Fsp3) is 0.571. The average Bonchev–Trinajstić information content (AvgIpc) is 2.71. The van der Waals surface area contributed by atoms with Crippen molar-refractivity contribution in [2.24, 2.45) is 0 Å². The molecule has 1 fully saturated rings. The summed E-state index contributed by atoms with van der Waals surface area (Å²) in [4.78, 5) is 38.9. The summed E-state index contributed by atoms with van der Waals surface area (Å²) in [5.74, 6) is 0.817. The van der Waals surface area contributed by atoms with Crippen LogP contribution in [0.5, 0.6) is 11.5 Å². The van der Waals surface area contributed by atoms with Gasteiger partial charge < -0.3 is 19.7 Å². The summed E-state index contributed by atoms with van der Waals surface area (Å²) < 4.78 is 10.4. The van der Waals surface area contributed by atoms with Crippen LogP contribution in [-0.2, 0) is 9.59 Å². The van der Waals surface area contributed by atoms with E-state index >= 15 is 0 Å². The fourth-order valence-electron chi connectivity index (χ4n) is 3.54. The SMILES string of the molecule is CCNC(=O)C[C@@H]1CCCCN1C(=O)CCC(=O)c1ccc(OC)c(OC)c1. The van der Waals surface area contributed by atoms with Crippen molar-refractivity contribution >= 4 is 17.6 Å². The highest BCUT2D eigenvalue weighted by molar-refractivity contribution is 5.98. The number of carbonyl (C=O) groups is 3. The van der Waals surface area contributed by atoms with Crippen molar-refractivity contribution in [3.63, 3.8) is 0 Å². The molecule has 1 aromatic carbocycles. The van der Waals surface area contributed by atoms with Crippen LogP contribution in [0.2, 0.25) is 0 Å². The highest BCUT2D eigenvalue weighted by Gasteiger charge is 2.28. The molecule has 2 rings (SSSR count). The van der Waals surface area contributed by atoms with E-state index in [1.54, 1.807) is 23.1 Å². The zero-order valence-electron chi connectivity index (χ0n) is 17.0. The number of ether oxygens (including phenoxy) is 2. The Morgan fingerprint density at radius 2 is 1.86 bits per heavy atom. The molecule has 1 aliphatic heterocycles. The van der Waals surface area contributed by atoms with E-state index in [9.17, 15) is 14.4 Å². The van der Waals surface area contributed by atoms with Crippen molar-refractivity contribution in [1.82, 2.24) is 10.2 Å². The second-order valence-corrected chi connectivity index (χ2v) is 6.89. The molecule has 154 valence electrons. The van der Waals surface area contributed by atoms with Gasteiger partial charge in [0, 0.05) is 44.0 Å². The maximum Gasteiger partial charge on any atom is 0.223 e. The molecule has 28 heavy (non-hydrogen) atoms. The minimum absolute atomic E-state index is 0.0337. The summed E-state index contributed by atoms with van der Waals surface area (Å²) in [5.41, 5.74) is 0.489. The van der Waals surface area contributed by atoms with Crippen LogP contribution in [0.4, 0.5) is 0 Å². The second-order valence-electron chi connectivity index (χ2n) is 6.89. The van der Waals surface area contributed by atoms with Crippen LogP contribution in [0.3, 0.4) is 0 Å². The standard InChI is InChI=1S/C21H30N2O5/c1-4-22-20(25)14-16-7-5-6-12-23(16)21(26)11-9-17(24)15-8-10-18(27-2)19(13-15)28-3/h8,10,13,16H,4-7,9,11-12,14H2,1-3H3,(H,22,25)/t16-/m0/s1. The van der Waals surface area contributed by atoms with Gasteiger partial charge in [0.15, 0.2) is 17.3 Å². The smallest absolute Gasteiger partial charge is 0.223 e. The van der Waals surface area contributed by atoms with E-state index < -0.39 is 0 Å². The minimum atomic E-state index is -0.119. The number of piperidine rings is 1. The molecule has 0 saturated carbocycles. The average molecular weight is 390 g/mol. The Hall–Kier alpha value is -2.57. The molecule has 0 radical (unpaired) electrons. The number of hydrogen-bond acceptors (Lipinski definition) is 5. The first-order chi connectivity index (χ1) is 13.5. The van der Waals surface area contributed by atoms with Gasteiger partial charge in [-0.2, -0.15) is 0 Å². The van der Waals surface area contributed by atoms with Gasteiger partial charge >= 0.3 is 0 Å². The molecule has 0 bridgehead atoms. The van der Waals surface area contributed by atoms with Crippen LogP contribution in [0.25, 0.3) is 0 Å². The largest absolute Gasteiger partial charge is 0.493 e. The van der Waals surface area contributed by atoms with Crippen LogP contribution >= 0.6 is 0 Å². The van der Waals surface area contributed by atoms with E-state index in [2.05, 4.69) is 5.32 Å². The van der Waals surface area contributed by atoms with Gasteiger partial charge in [-0.3, -0.25) is 14.4 Å². The molecule has 0 aliphatic carbocycles. The monoisotopic (exact) mass is 390 g/mol. The van der Waals surface area contributed by atoms with Crippen LogP contribution in [-0.4, -0.2) is 55.8 Å². The summed E-state index contributed by atoms with van der Waals surface area (Å²) in [6.45, 7) is 3.11. The summed E-state index contributed by atoms with van der Waals surface area (Å²) in [6, 6.07) is 4.90. The lowest BCUT2D eigenvalue weighted by Crippen LogP contribution is -2.46. The Labute approximate surface area is 166 Å². The van der Waals surface area contributed by atoms with E-state index in [1.807, 2.05) is 6.92 Å². The van der Waals surface area contributed by atoms with Crippen molar-refractivity contribution in [2.45, 2.75) is 51.5 Å². The maximum atomic E-state index is 12.7. The van der Waals surface area contributed by atoms with Gasteiger partial charge in [-0.1, -0.05) is 0 Å². The topological polar surface area (TPSA) is 84.9 Å². The molecule has 7 heteroatoms. The number of methoxy groups -OCH3 is 2. The van der Waals surface area contributed by atoms with Crippen molar-refractivity contribution in [2.75, 3.05) is 27.3 Å². The molecule has 2 amide bonds. The maximum absolute atomic E-state index is 12.7. The van der Waals surface area contributed by atoms with Gasteiger partial charge in [0.1, 0.15) is 0 Å². The summed E-state index contributed by atoms with van der Waals surface area (Å²) in [5, 5.41) is 2.79. The molecular weight excluding hydrogens is 360 g/mol. The highest BCUT2D eigenvalue weighted by atomic mass is 16.5. The molecule has 0 aromatic heterocycles. The number of benzene rings is 1. The van der Waals surface area contributed by atoms with E-state index in [0.717, 1.165) is 19.3 Å². The second kappa shape index (κ2) is 10.7. The van der Waals surface area contributed by atoms with Gasteiger partial charge in [0.25, 0.3) is 0 Å². The fourth-order valence-corrected chi connectivity index (χ4v) is 3.54. The molecular formula is C21H30N2O5. The van der Waals surface area contributed by atoms with Crippen LogP contribution in [0.1, 0.15) is 55.8 Å². The zero-order valence-corrected chi connectivity index (χ0v) is 17.0. The Morgan fingerprint density at radius 1 is 1.11 bits per heavy atom. The third-order valence-corrected chi connectivity index (χ3v) is 5.01. The first-order valence-corrected chi connectivity index (χ1v) is 9.81. The van der Waals surface area contributed by atoms with Crippen molar-refractivity contribution in [3.8, 4) is 11.5 Å². The number of nitrogens with one attached hydrogen (secondary N) is 1. The van der Waals surface area contributed by atoms with E-state index in [0.29, 0.717) is 36.6 Å². The van der Waals surface area contributed by atoms with Gasteiger partial charge in [-0.05, 0) is 44.4 Å². The number of amides is 2. The molecule has 0 unspecified atom stereocenters. The lowest BCUT2D eigenvalue weighted by atomic mass is 9.97. The molecule has 1 atom stereocenters. The highest BCUT2D eigenvalue weighted by Crippen LogP contribution is 2.28. The van der Waals surface area contributed by atoms with Crippen LogP contribution in [0, 0.1) is 0 Å². The van der Waals surface area contributed by atoms with Crippen LogP contribution < -0.4 is 14.8 Å². The molecule has 1 N–H and O–H groups in total. The third-order valence-electron chi connectivity index (χ3n) is 5.01. The Kier molecular flexibility index (Phi) is 8.29. The first-order valence-electron chi connectivity index (χ1n) is 9.81. The summed E-state index contributed by atoms with van der Waals surface area (Å²) in [7, 11) is 3.05. The summed E-state index contributed by atoms with van der Waals surface area (Å²) in [6.07, 6.45) is 3.35. The summed E-state index contributed by atoms with van der Waals surface area (Å²) >= 11 is 0. The number of hydrogen-bond donors (Lipinski definition) is 1. The predicted octanol–water partition coefficient (Wildman–Crippen LogP) is 2.57. The molecule has 7 nitrogen and oxygen atoms in total. The van der Waals surface area contributed by atoms with Gasteiger partial charge in [-0.25, -0.2) is 0 Å². The minimum Gasteiger partial charge on any atom is -0.493 e. The third kappa shape index (κ3) is 5.71. The molecule has 1 heterocycles. The quantitative estimate of drug-likeness (QED) is 0.655. The lowest BCUT2D eigenvalue weighted by molar-refractivity contribution is -0.136. The molecule has 0 spiro atoms. The van der Waals surface area contributed by atoms with Crippen molar-refractivity contribution in [3.05, 3.63) is 23.8 Å². The normalized spacial score (nSPS) is 16.4. The number of ketones is 1. The van der Waals surface area contributed by atoms with Gasteiger partial charge in [0.05, 0.1) is 14.2 Å². The molecule has 1 aromatic rings. The number of likely N-dealkylation sites (tertiary alicyclic amines) is 1.